The number of halogens is 1. The number of hydrogen-bond donors (Lipinski definition) is 0. The average Bonchev–Trinajstić information content (AvgIpc) is 3.02. The standard InChI is InChI=1S/C23H14BrNO5/c24-16-7-9-17(10-8-16)25-21(27)18-11-6-15(12-19(18)22(25)28)23(29)30-13-20(26)14-4-2-1-3-5-14/h1-12H,13H2. The molecule has 0 saturated heterocycles. The molecule has 3 aromatic carbocycles. The summed E-state index contributed by atoms with van der Waals surface area (Å²) in [5, 5.41) is 0. The van der Waals surface area contributed by atoms with E-state index in [1.807, 2.05) is 0 Å². The summed E-state index contributed by atoms with van der Waals surface area (Å²) in [6, 6.07) is 19.4. The number of imide groups is 1. The van der Waals surface area contributed by atoms with Crippen LogP contribution in [-0.2, 0) is 4.74 Å². The number of ether oxygens (including phenoxy) is 1. The molecule has 0 saturated carbocycles. The Hall–Kier alpha value is -3.58. The van der Waals surface area contributed by atoms with Crippen LogP contribution in [0.15, 0.2) is 77.3 Å². The number of anilines is 1. The molecule has 0 unspecified atom stereocenters. The topological polar surface area (TPSA) is 80.8 Å². The molecular formula is C23H14BrNO5. The minimum absolute atomic E-state index is 0.0911. The Morgan fingerprint density at radius 3 is 2.17 bits per heavy atom. The van der Waals surface area contributed by atoms with E-state index in [0.29, 0.717) is 11.3 Å². The molecule has 0 atom stereocenters. The summed E-state index contributed by atoms with van der Waals surface area (Å²) in [6.07, 6.45) is 0. The first-order valence-corrected chi connectivity index (χ1v) is 9.79. The van der Waals surface area contributed by atoms with Crippen LogP contribution >= 0.6 is 15.9 Å². The van der Waals surface area contributed by atoms with E-state index in [-0.39, 0.29) is 22.5 Å². The third-order valence-electron chi connectivity index (χ3n) is 4.64. The van der Waals surface area contributed by atoms with Crippen molar-refractivity contribution in [2.24, 2.45) is 0 Å². The molecule has 1 heterocycles. The van der Waals surface area contributed by atoms with E-state index in [1.54, 1.807) is 54.6 Å². The van der Waals surface area contributed by atoms with Crippen molar-refractivity contribution < 1.29 is 23.9 Å². The number of benzene rings is 3. The maximum atomic E-state index is 12.8. The number of fused-ring (bicyclic) bond motifs is 1. The van der Waals surface area contributed by atoms with E-state index in [0.717, 1.165) is 9.37 Å². The fourth-order valence-corrected chi connectivity index (χ4v) is 3.38. The number of esters is 1. The molecule has 0 bridgehead atoms. The van der Waals surface area contributed by atoms with Gasteiger partial charge in [0, 0.05) is 10.0 Å². The molecule has 0 N–H and O–H groups in total. The minimum atomic E-state index is -0.746. The van der Waals surface area contributed by atoms with Crippen LogP contribution in [-0.4, -0.2) is 30.2 Å². The van der Waals surface area contributed by atoms with Crippen LogP contribution in [0.2, 0.25) is 0 Å². The van der Waals surface area contributed by atoms with Crippen LogP contribution in [0.4, 0.5) is 5.69 Å². The summed E-state index contributed by atoms with van der Waals surface area (Å²) in [6.45, 7) is -0.419. The van der Waals surface area contributed by atoms with Crippen molar-refractivity contribution >= 4 is 45.2 Å². The lowest BCUT2D eigenvalue weighted by atomic mass is 10.1. The van der Waals surface area contributed by atoms with Gasteiger partial charge in [0.25, 0.3) is 11.8 Å². The zero-order chi connectivity index (χ0) is 21.3. The molecule has 0 aromatic heterocycles. The van der Waals surface area contributed by atoms with E-state index >= 15 is 0 Å². The number of Topliss-reactive ketones (excluding diaryl/α,β-unsaturated/α-hetero) is 1. The number of nitrogens with zero attached hydrogens (tertiary/aromatic N) is 1. The summed E-state index contributed by atoms with van der Waals surface area (Å²) in [7, 11) is 0. The first-order chi connectivity index (χ1) is 14.5. The minimum Gasteiger partial charge on any atom is -0.454 e. The number of amides is 2. The summed E-state index contributed by atoms with van der Waals surface area (Å²) in [5.74, 6) is -2.06. The molecule has 4 rings (SSSR count). The summed E-state index contributed by atoms with van der Waals surface area (Å²) < 4.78 is 5.90. The third kappa shape index (κ3) is 3.67. The molecular weight excluding hydrogens is 450 g/mol. The zero-order valence-corrected chi connectivity index (χ0v) is 17.1. The lowest BCUT2D eigenvalue weighted by Gasteiger charge is -2.13. The van der Waals surface area contributed by atoms with Crippen molar-refractivity contribution in [3.8, 4) is 0 Å². The van der Waals surface area contributed by atoms with E-state index in [9.17, 15) is 19.2 Å². The van der Waals surface area contributed by atoms with Gasteiger partial charge in [-0.15, -0.1) is 0 Å². The average molecular weight is 464 g/mol. The van der Waals surface area contributed by atoms with Gasteiger partial charge in [-0.05, 0) is 42.5 Å². The molecule has 0 aliphatic carbocycles. The Labute approximate surface area is 180 Å². The predicted molar refractivity (Wildman–Crippen MR) is 113 cm³/mol. The monoisotopic (exact) mass is 463 g/mol. The Morgan fingerprint density at radius 2 is 1.47 bits per heavy atom. The quantitative estimate of drug-likeness (QED) is 0.320. The van der Waals surface area contributed by atoms with Gasteiger partial charge in [-0.2, -0.15) is 0 Å². The van der Waals surface area contributed by atoms with Crippen molar-refractivity contribution in [3.63, 3.8) is 0 Å². The number of ketones is 1. The summed E-state index contributed by atoms with van der Waals surface area (Å²) >= 11 is 3.31. The molecule has 0 radical (unpaired) electrons. The van der Waals surface area contributed by atoms with E-state index in [2.05, 4.69) is 15.9 Å². The second-order valence-corrected chi connectivity index (χ2v) is 7.46. The Morgan fingerprint density at radius 1 is 0.800 bits per heavy atom. The van der Waals surface area contributed by atoms with Crippen LogP contribution < -0.4 is 4.90 Å². The molecule has 148 valence electrons. The zero-order valence-electron chi connectivity index (χ0n) is 15.5. The molecule has 1 aliphatic heterocycles. The molecule has 0 fully saturated rings. The number of rotatable bonds is 5. The molecule has 3 aromatic rings. The van der Waals surface area contributed by atoms with Crippen LogP contribution in [0.1, 0.15) is 41.4 Å². The Bertz CT molecular complexity index is 1170. The number of carbonyl (C=O) groups excluding carboxylic acids is 4. The lowest BCUT2D eigenvalue weighted by molar-refractivity contribution is 0.0474. The highest BCUT2D eigenvalue weighted by atomic mass is 79.9. The first kappa shape index (κ1) is 19.7. The molecule has 30 heavy (non-hydrogen) atoms. The highest BCUT2D eigenvalue weighted by molar-refractivity contribution is 9.10. The highest BCUT2D eigenvalue weighted by Crippen LogP contribution is 2.30. The summed E-state index contributed by atoms with van der Waals surface area (Å²) in [5.41, 5.74) is 1.28. The van der Waals surface area contributed by atoms with Gasteiger partial charge in [-0.25, -0.2) is 9.69 Å². The number of carbonyl (C=O) groups is 4. The predicted octanol–water partition coefficient (Wildman–Crippen LogP) is 4.29. The van der Waals surface area contributed by atoms with Crippen LogP contribution in [0.5, 0.6) is 0 Å². The molecule has 6 nitrogen and oxygen atoms in total. The smallest absolute Gasteiger partial charge is 0.338 e. The van der Waals surface area contributed by atoms with Crippen molar-refractivity contribution in [3.05, 3.63) is 99.5 Å². The SMILES string of the molecule is O=C(COC(=O)c1ccc2c(c1)C(=O)N(c1ccc(Br)cc1)C2=O)c1ccccc1. The van der Waals surface area contributed by atoms with Crippen molar-refractivity contribution in [2.45, 2.75) is 0 Å². The van der Waals surface area contributed by atoms with Crippen LogP contribution in [0.3, 0.4) is 0 Å². The normalized spacial score (nSPS) is 12.6. The Kier molecular flexibility index (Phi) is 5.29. The third-order valence-corrected chi connectivity index (χ3v) is 5.17. The van der Waals surface area contributed by atoms with Crippen molar-refractivity contribution in [1.82, 2.24) is 0 Å². The molecule has 7 heteroatoms. The number of hydrogen-bond acceptors (Lipinski definition) is 5. The fourth-order valence-electron chi connectivity index (χ4n) is 3.11. The van der Waals surface area contributed by atoms with Gasteiger partial charge >= 0.3 is 5.97 Å². The van der Waals surface area contributed by atoms with Crippen LogP contribution in [0, 0.1) is 0 Å². The van der Waals surface area contributed by atoms with Gasteiger partial charge in [-0.3, -0.25) is 14.4 Å². The van der Waals surface area contributed by atoms with Gasteiger partial charge < -0.3 is 4.74 Å². The highest BCUT2D eigenvalue weighted by Gasteiger charge is 2.37. The Balaban J connectivity index is 1.52. The second kappa shape index (κ2) is 8.04. The van der Waals surface area contributed by atoms with Gasteiger partial charge in [0.15, 0.2) is 12.4 Å². The van der Waals surface area contributed by atoms with Gasteiger partial charge in [0.05, 0.1) is 22.4 Å². The maximum absolute atomic E-state index is 12.8. The second-order valence-electron chi connectivity index (χ2n) is 6.55. The lowest BCUT2D eigenvalue weighted by Crippen LogP contribution is -2.29. The van der Waals surface area contributed by atoms with Crippen LogP contribution in [0.25, 0.3) is 0 Å². The van der Waals surface area contributed by atoms with E-state index < -0.39 is 24.4 Å². The fraction of sp³-hybridized carbons (Fsp3) is 0.0435. The molecule has 1 aliphatic rings. The van der Waals surface area contributed by atoms with E-state index in [4.69, 9.17) is 4.74 Å². The van der Waals surface area contributed by atoms with Gasteiger partial charge in [0.1, 0.15) is 0 Å². The summed E-state index contributed by atoms with van der Waals surface area (Å²) in [4.78, 5) is 51.0. The van der Waals surface area contributed by atoms with Crippen molar-refractivity contribution in [2.75, 3.05) is 11.5 Å². The largest absolute Gasteiger partial charge is 0.454 e. The van der Waals surface area contributed by atoms with E-state index in [1.165, 1.54) is 18.2 Å². The van der Waals surface area contributed by atoms with Gasteiger partial charge in [-0.1, -0.05) is 46.3 Å². The van der Waals surface area contributed by atoms with Crippen molar-refractivity contribution in [1.29, 1.82) is 0 Å². The maximum Gasteiger partial charge on any atom is 0.338 e. The first-order valence-electron chi connectivity index (χ1n) is 8.99. The molecule has 2 amide bonds. The molecule has 0 spiro atoms. The van der Waals surface area contributed by atoms with Gasteiger partial charge in [0.2, 0.25) is 0 Å².